The van der Waals surface area contributed by atoms with E-state index in [2.05, 4.69) is 5.32 Å². The molecule has 0 atom stereocenters. The lowest BCUT2D eigenvalue weighted by Gasteiger charge is -2.09. The lowest BCUT2D eigenvalue weighted by atomic mass is 10.2. The second kappa shape index (κ2) is 9.83. The molecule has 0 saturated carbocycles. The van der Waals surface area contributed by atoms with E-state index >= 15 is 0 Å². The number of nitriles is 1. The molecule has 0 saturated heterocycles. The highest BCUT2D eigenvalue weighted by molar-refractivity contribution is 5.77. The van der Waals surface area contributed by atoms with Gasteiger partial charge in [-0.25, -0.2) is 0 Å². The summed E-state index contributed by atoms with van der Waals surface area (Å²) >= 11 is 0. The SMILES string of the molecule is CCOc1ccc(OCCNC(=O)COc2ccc(C#N)cc2)cc1. The number of amides is 1. The highest BCUT2D eigenvalue weighted by Crippen LogP contribution is 2.17. The molecule has 0 bridgehead atoms. The van der Waals surface area contributed by atoms with E-state index in [0.717, 1.165) is 5.75 Å². The lowest BCUT2D eigenvalue weighted by molar-refractivity contribution is -0.123. The van der Waals surface area contributed by atoms with E-state index in [1.54, 1.807) is 24.3 Å². The monoisotopic (exact) mass is 340 g/mol. The fourth-order valence-electron chi connectivity index (χ4n) is 1.98. The summed E-state index contributed by atoms with van der Waals surface area (Å²) in [4.78, 5) is 11.7. The minimum absolute atomic E-state index is 0.0883. The maximum Gasteiger partial charge on any atom is 0.258 e. The van der Waals surface area contributed by atoms with Crippen molar-refractivity contribution in [2.24, 2.45) is 0 Å². The fourth-order valence-corrected chi connectivity index (χ4v) is 1.98. The molecule has 0 aliphatic carbocycles. The summed E-state index contributed by atoms with van der Waals surface area (Å²) in [5.41, 5.74) is 0.545. The van der Waals surface area contributed by atoms with E-state index in [1.807, 2.05) is 37.3 Å². The van der Waals surface area contributed by atoms with Crippen molar-refractivity contribution in [2.45, 2.75) is 6.92 Å². The minimum atomic E-state index is -0.236. The van der Waals surface area contributed by atoms with Crippen molar-refractivity contribution < 1.29 is 19.0 Å². The van der Waals surface area contributed by atoms with E-state index in [1.165, 1.54) is 0 Å². The van der Waals surface area contributed by atoms with Crippen LogP contribution < -0.4 is 19.5 Å². The number of hydrogen-bond acceptors (Lipinski definition) is 5. The van der Waals surface area contributed by atoms with Crippen LogP contribution in [0.5, 0.6) is 17.2 Å². The molecule has 6 heteroatoms. The molecule has 25 heavy (non-hydrogen) atoms. The minimum Gasteiger partial charge on any atom is -0.494 e. The van der Waals surface area contributed by atoms with Gasteiger partial charge in [-0.3, -0.25) is 4.79 Å². The van der Waals surface area contributed by atoms with Gasteiger partial charge in [-0.05, 0) is 55.5 Å². The number of hydrogen-bond donors (Lipinski definition) is 1. The van der Waals surface area contributed by atoms with E-state index in [-0.39, 0.29) is 12.5 Å². The molecule has 6 nitrogen and oxygen atoms in total. The van der Waals surface area contributed by atoms with Gasteiger partial charge in [-0.2, -0.15) is 5.26 Å². The molecule has 1 N–H and O–H groups in total. The molecular formula is C19H20N2O4. The summed E-state index contributed by atoms with van der Waals surface area (Å²) in [7, 11) is 0. The van der Waals surface area contributed by atoms with Gasteiger partial charge in [0.15, 0.2) is 6.61 Å². The third kappa shape index (κ3) is 6.43. The molecule has 2 rings (SSSR count). The van der Waals surface area contributed by atoms with Crippen molar-refractivity contribution in [1.82, 2.24) is 5.32 Å². The molecule has 1 amide bonds. The molecule has 0 aromatic heterocycles. The summed E-state index contributed by atoms with van der Waals surface area (Å²) in [6.07, 6.45) is 0. The van der Waals surface area contributed by atoms with Crippen LogP contribution in [0.4, 0.5) is 0 Å². The molecule has 2 aromatic rings. The Bertz CT molecular complexity index is 706. The Morgan fingerprint density at radius 3 is 2.12 bits per heavy atom. The quantitative estimate of drug-likeness (QED) is 0.710. The maximum absolute atomic E-state index is 11.7. The first-order valence-electron chi connectivity index (χ1n) is 7.96. The second-order valence-electron chi connectivity index (χ2n) is 5.03. The third-order valence-corrected chi connectivity index (χ3v) is 3.18. The molecule has 0 heterocycles. The number of nitrogens with zero attached hydrogens (tertiary/aromatic N) is 1. The Morgan fingerprint density at radius 1 is 0.960 bits per heavy atom. The van der Waals surface area contributed by atoms with Crippen LogP contribution in [0, 0.1) is 11.3 Å². The molecule has 130 valence electrons. The van der Waals surface area contributed by atoms with Gasteiger partial charge in [0.05, 0.1) is 24.8 Å². The summed E-state index contributed by atoms with van der Waals surface area (Å²) in [5, 5.41) is 11.4. The van der Waals surface area contributed by atoms with Crippen molar-refractivity contribution in [3.8, 4) is 23.3 Å². The largest absolute Gasteiger partial charge is 0.494 e. The fraction of sp³-hybridized carbons (Fsp3) is 0.263. The summed E-state index contributed by atoms with van der Waals surface area (Å²) in [6.45, 7) is 3.20. The van der Waals surface area contributed by atoms with Crippen molar-refractivity contribution in [3.63, 3.8) is 0 Å². The predicted octanol–water partition coefficient (Wildman–Crippen LogP) is 2.53. The summed E-state index contributed by atoms with van der Waals surface area (Å²) < 4.78 is 16.2. The predicted molar refractivity (Wildman–Crippen MR) is 92.8 cm³/mol. The summed E-state index contributed by atoms with van der Waals surface area (Å²) in [5.74, 6) is 1.81. The molecular weight excluding hydrogens is 320 g/mol. The van der Waals surface area contributed by atoms with Crippen LogP contribution in [0.15, 0.2) is 48.5 Å². The zero-order chi connectivity index (χ0) is 17.9. The van der Waals surface area contributed by atoms with Gasteiger partial charge in [-0.1, -0.05) is 0 Å². The van der Waals surface area contributed by atoms with Crippen LogP contribution in [0.1, 0.15) is 12.5 Å². The Balaban J connectivity index is 1.62. The number of carbonyl (C=O) groups is 1. The van der Waals surface area contributed by atoms with Crippen LogP contribution >= 0.6 is 0 Å². The van der Waals surface area contributed by atoms with Crippen molar-refractivity contribution in [3.05, 3.63) is 54.1 Å². The average molecular weight is 340 g/mol. The average Bonchev–Trinajstić information content (AvgIpc) is 2.65. The summed E-state index contributed by atoms with van der Waals surface area (Å²) in [6, 6.07) is 15.9. The van der Waals surface area contributed by atoms with Gasteiger partial charge in [-0.15, -0.1) is 0 Å². The first kappa shape index (κ1) is 18.1. The lowest BCUT2D eigenvalue weighted by Crippen LogP contribution is -2.32. The highest BCUT2D eigenvalue weighted by Gasteiger charge is 2.03. The number of nitrogens with one attached hydrogen (secondary N) is 1. The maximum atomic E-state index is 11.7. The smallest absolute Gasteiger partial charge is 0.258 e. The molecule has 0 aliphatic rings. The van der Waals surface area contributed by atoms with E-state index < -0.39 is 0 Å². The van der Waals surface area contributed by atoms with Gasteiger partial charge in [0.25, 0.3) is 5.91 Å². The molecule has 0 fully saturated rings. The molecule has 0 unspecified atom stereocenters. The third-order valence-electron chi connectivity index (χ3n) is 3.18. The number of ether oxygens (including phenoxy) is 3. The van der Waals surface area contributed by atoms with Gasteiger partial charge in [0.1, 0.15) is 23.9 Å². The molecule has 0 radical (unpaired) electrons. The Kier molecular flexibility index (Phi) is 7.13. The zero-order valence-corrected chi connectivity index (χ0v) is 14.0. The van der Waals surface area contributed by atoms with Gasteiger partial charge in [0.2, 0.25) is 0 Å². The first-order valence-corrected chi connectivity index (χ1v) is 7.96. The number of benzene rings is 2. The van der Waals surface area contributed by atoms with Gasteiger partial charge < -0.3 is 19.5 Å². The van der Waals surface area contributed by atoms with Crippen LogP contribution in [0.2, 0.25) is 0 Å². The Morgan fingerprint density at radius 2 is 1.52 bits per heavy atom. The van der Waals surface area contributed by atoms with E-state index in [9.17, 15) is 4.79 Å². The zero-order valence-electron chi connectivity index (χ0n) is 14.0. The van der Waals surface area contributed by atoms with Crippen molar-refractivity contribution >= 4 is 5.91 Å². The van der Waals surface area contributed by atoms with Crippen LogP contribution in [0.25, 0.3) is 0 Å². The van der Waals surface area contributed by atoms with Crippen molar-refractivity contribution in [2.75, 3.05) is 26.4 Å². The van der Waals surface area contributed by atoms with E-state index in [0.29, 0.717) is 36.8 Å². The van der Waals surface area contributed by atoms with E-state index in [4.69, 9.17) is 19.5 Å². The van der Waals surface area contributed by atoms with Gasteiger partial charge in [0, 0.05) is 0 Å². The normalized spacial score (nSPS) is 9.76. The highest BCUT2D eigenvalue weighted by atomic mass is 16.5. The topological polar surface area (TPSA) is 80.6 Å². The number of rotatable bonds is 9. The Hall–Kier alpha value is -3.20. The standard InChI is InChI=1S/C19H20N2O4/c1-2-23-16-7-9-17(10-8-16)24-12-11-21-19(22)14-25-18-5-3-15(13-20)4-6-18/h3-10H,2,11-12,14H2,1H3,(H,21,22). The van der Waals surface area contributed by atoms with Crippen LogP contribution in [-0.4, -0.2) is 32.3 Å². The van der Waals surface area contributed by atoms with Crippen LogP contribution in [0.3, 0.4) is 0 Å². The Labute approximate surface area is 146 Å². The number of carbonyl (C=O) groups excluding carboxylic acids is 1. The van der Waals surface area contributed by atoms with Crippen LogP contribution in [-0.2, 0) is 4.79 Å². The second-order valence-corrected chi connectivity index (χ2v) is 5.03. The van der Waals surface area contributed by atoms with Crippen molar-refractivity contribution in [1.29, 1.82) is 5.26 Å². The molecule has 2 aromatic carbocycles. The molecule has 0 aliphatic heterocycles. The molecule has 0 spiro atoms. The first-order chi connectivity index (χ1) is 12.2. The van der Waals surface area contributed by atoms with Gasteiger partial charge >= 0.3 is 0 Å².